The van der Waals surface area contributed by atoms with Gasteiger partial charge in [0.2, 0.25) is 0 Å². The largest absolute Gasteiger partial charge is 0.490 e. The van der Waals surface area contributed by atoms with Gasteiger partial charge in [-0.25, -0.2) is 0 Å². The van der Waals surface area contributed by atoms with Crippen molar-refractivity contribution in [2.45, 2.75) is 33.3 Å². The maximum absolute atomic E-state index is 9.86. The van der Waals surface area contributed by atoms with Gasteiger partial charge >= 0.3 is 0 Å². The van der Waals surface area contributed by atoms with Gasteiger partial charge in [-0.2, -0.15) is 0 Å². The molecule has 0 saturated heterocycles. The van der Waals surface area contributed by atoms with Crippen molar-refractivity contribution in [3.63, 3.8) is 0 Å². The lowest BCUT2D eigenvalue weighted by Crippen LogP contribution is -2.33. The van der Waals surface area contributed by atoms with E-state index in [0.717, 1.165) is 18.7 Å². The lowest BCUT2D eigenvalue weighted by atomic mass is 10.2. The van der Waals surface area contributed by atoms with Crippen LogP contribution in [0, 0.1) is 5.92 Å². The fraction of sp³-hybridized carbons (Fsp3) is 0.625. The van der Waals surface area contributed by atoms with Crippen LogP contribution in [0.15, 0.2) is 24.3 Å². The molecule has 1 aromatic rings. The lowest BCUT2D eigenvalue weighted by molar-refractivity contribution is 0.103. The minimum atomic E-state index is -0.520. The molecule has 0 aliphatic rings. The third-order valence-electron chi connectivity index (χ3n) is 2.67. The van der Waals surface area contributed by atoms with Crippen LogP contribution < -0.4 is 14.8 Å². The Labute approximate surface area is 122 Å². The minimum absolute atomic E-state index is 0.262. The number of hydrogen-bond donors (Lipinski definition) is 2. The number of benzene rings is 1. The van der Waals surface area contributed by atoms with Crippen LogP contribution in [0.1, 0.15) is 27.2 Å². The van der Waals surface area contributed by atoms with E-state index in [0.29, 0.717) is 24.8 Å². The van der Waals surface area contributed by atoms with Gasteiger partial charge in [-0.3, -0.25) is 0 Å². The van der Waals surface area contributed by atoms with E-state index in [9.17, 15) is 5.11 Å². The molecule has 0 aliphatic heterocycles. The number of hydrogen-bond acceptors (Lipinski definition) is 4. The topological polar surface area (TPSA) is 50.7 Å². The van der Waals surface area contributed by atoms with Crippen molar-refractivity contribution in [1.82, 2.24) is 5.32 Å². The first-order chi connectivity index (χ1) is 9.63. The maximum atomic E-state index is 9.86. The summed E-state index contributed by atoms with van der Waals surface area (Å²) in [6.07, 6.45) is 0.434. The average Bonchev–Trinajstić information content (AvgIpc) is 2.43. The highest BCUT2D eigenvalue weighted by Gasteiger charge is 2.08. The summed E-state index contributed by atoms with van der Waals surface area (Å²) in [4.78, 5) is 0. The Bertz CT molecular complexity index is 368. The molecule has 0 aliphatic carbocycles. The van der Waals surface area contributed by atoms with E-state index in [2.05, 4.69) is 26.1 Å². The van der Waals surface area contributed by atoms with E-state index in [1.54, 1.807) is 0 Å². The van der Waals surface area contributed by atoms with Crippen molar-refractivity contribution in [1.29, 1.82) is 0 Å². The van der Waals surface area contributed by atoms with Gasteiger partial charge < -0.3 is 19.9 Å². The molecule has 0 heterocycles. The number of aliphatic hydroxyl groups is 1. The van der Waals surface area contributed by atoms with Crippen LogP contribution in [0.5, 0.6) is 11.5 Å². The molecule has 0 aromatic heterocycles. The molecule has 1 unspecified atom stereocenters. The molecule has 1 rings (SSSR count). The molecular weight excluding hydrogens is 254 g/mol. The molecule has 0 spiro atoms. The van der Waals surface area contributed by atoms with Crippen LogP contribution in [0.3, 0.4) is 0 Å². The summed E-state index contributed by atoms with van der Waals surface area (Å²) in [5.74, 6) is 1.99. The van der Waals surface area contributed by atoms with Crippen LogP contribution >= 0.6 is 0 Å². The highest BCUT2D eigenvalue weighted by atomic mass is 16.5. The summed E-state index contributed by atoms with van der Waals surface area (Å²) < 4.78 is 11.2. The Morgan fingerprint density at radius 3 is 2.35 bits per heavy atom. The fourth-order valence-electron chi connectivity index (χ4n) is 1.68. The van der Waals surface area contributed by atoms with Gasteiger partial charge in [0, 0.05) is 6.54 Å². The van der Waals surface area contributed by atoms with Crippen molar-refractivity contribution < 1.29 is 14.6 Å². The zero-order valence-corrected chi connectivity index (χ0v) is 12.8. The molecule has 0 fully saturated rings. The van der Waals surface area contributed by atoms with Crippen LogP contribution in [0.25, 0.3) is 0 Å². The summed E-state index contributed by atoms with van der Waals surface area (Å²) in [6.45, 7) is 8.70. The zero-order valence-electron chi connectivity index (χ0n) is 12.8. The SMILES string of the molecule is CCCOc1ccccc1OCC(O)CNCC(C)C. The molecule has 0 radical (unpaired) electrons. The van der Waals surface area contributed by atoms with E-state index in [1.165, 1.54) is 0 Å². The third-order valence-corrected chi connectivity index (χ3v) is 2.67. The Morgan fingerprint density at radius 2 is 1.75 bits per heavy atom. The Kier molecular flexibility index (Phi) is 8.07. The number of aliphatic hydroxyl groups excluding tert-OH is 1. The first kappa shape index (κ1) is 16.8. The number of rotatable bonds is 10. The molecule has 1 atom stereocenters. The van der Waals surface area contributed by atoms with Crippen molar-refractivity contribution in [3.05, 3.63) is 24.3 Å². The van der Waals surface area contributed by atoms with E-state index in [-0.39, 0.29) is 6.61 Å². The van der Waals surface area contributed by atoms with Crippen molar-refractivity contribution in [2.75, 3.05) is 26.3 Å². The number of para-hydroxylation sites is 2. The average molecular weight is 281 g/mol. The molecule has 114 valence electrons. The molecule has 4 heteroatoms. The normalized spacial score (nSPS) is 12.4. The summed E-state index contributed by atoms with van der Waals surface area (Å²) >= 11 is 0. The monoisotopic (exact) mass is 281 g/mol. The number of ether oxygens (including phenoxy) is 2. The maximum Gasteiger partial charge on any atom is 0.161 e. The Morgan fingerprint density at radius 1 is 1.10 bits per heavy atom. The van der Waals surface area contributed by atoms with Crippen LogP contribution in [0.4, 0.5) is 0 Å². The first-order valence-electron chi connectivity index (χ1n) is 7.36. The van der Waals surface area contributed by atoms with Crippen molar-refractivity contribution in [2.24, 2.45) is 5.92 Å². The third kappa shape index (κ3) is 6.78. The highest BCUT2D eigenvalue weighted by Crippen LogP contribution is 2.26. The van der Waals surface area contributed by atoms with Gasteiger partial charge in [0.25, 0.3) is 0 Å². The zero-order chi connectivity index (χ0) is 14.8. The minimum Gasteiger partial charge on any atom is -0.490 e. The predicted molar refractivity (Wildman–Crippen MR) is 81.4 cm³/mol. The van der Waals surface area contributed by atoms with Crippen LogP contribution in [-0.2, 0) is 0 Å². The summed E-state index contributed by atoms with van der Waals surface area (Å²) in [7, 11) is 0. The van der Waals surface area contributed by atoms with Gasteiger partial charge in [-0.15, -0.1) is 0 Å². The molecular formula is C16H27NO3. The second kappa shape index (κ2) is 9.61. The van der Waals surface area contributed by atoms with Gasteiger partial charge in [0.1, 0.15) is 12.7 Å². The van der Waals surface area contributed by atoms with Gasteiger partial charge in [-0.1, -0.05) is 32.9 Å². The summed E-state index contributed by atoms with van der Waals surface area (Å²) in [6, 6.07) is 7.56. The second-order valence-corrected chi connectivity index (χ2v) is 5.31. The highest BCUT2D eigenvalue weighted by molar-refractivity contribution is 5.39. The summed E-state index contributed by atoms with van der Waals surface area (Å²) in [5, 5.41) is 13.1. The first-order valence-corrected chi connectivity index (χ1v) is 7.36. The molecule has 2 N–H and O–H groups in total. The molecule has 1 aromatic carbocycles. The van der Waals surface area contributed by atoms with Crippen LogP contribution in [0.2, 0.25) is 0 Å². The molecule has 0 bridgehead atoms. The Hall–Kier alpha value is -1.26. The standard InChI is InChI=1S/C16H27NO3/c1-4-9-19-15-7-5-6-8-16(15)20-12-14(18)11-17-10-13(2)3/h5-8,13-14,17-18H,4,9-12H2,1-3H3. The second-order valence-electron chi connectivity index (χ2n) is 5.31. The van der Waals surface area contributed by atoms with Crippen molar-refractivity contribution >= 4 is 0 Å². The molecule has 20 heavy (non-hydrogen) atoms. The van der Waals surface area contributed by atoms with Gasteiger partial charge in [0.15, 0.2) is 11.5 Å². The Balaban J connectivity index is 2.36. The number of nitrogens with one attached hydrogen (secondary N) is 1. The summed E-state index contributed by atoms with van der Waals surface area (Å²) in [5.41, 5.74) is 0. The van der Waals surface area contributed by atoms with Crippen molar-refractivity contribution in [3.8, 4) is 11.5 Å². The van der Waals surface area contributed by atoms with E-state index < -0.39 is 6.10 Å². The lowest BCUT2D eigenvalue weighted by Gasteiger charge is -2.16. The molecule has 4 nitrogen and oxygen atoms in total. The quantitative estimate of drug-likeness (QED) is 0.692. The van der Waals surface area contributed by atoms with E-state index in [1.807, 2.05) is 24.3 Å². The van der Waals surface area contributed by atoms with E-state index >= 15 is 0 Å². The van der Waals surface area contributed by atoms with Gasteiger partial charge in [-0.05, 0) is 31.0 Å². The molecule has 0 saturated carbocycles. The van der Waals surface area contributed by atoms with E-state index in [4.69, 9.17) is 9.47 Å². The van der Waals surface area contributed by atoms with Gasteiger partial charge in [0.05, 0.1) is 6.61 Å². The molecule has 0 amide bonds. The smallest absolute Gasteiger partial charge is 0.161 e. The fourth-order valence-corrected chi connectivity index (χ4v) is 1.68. The van der Waals surface area contributed by atoms with Crippen LogP contribution in [-0.4, -0.2) is 37.5 Å². The predicted octanol–water partition coefficient (Wildman–Crippen LogP) is 2.46.